The topological polar surface area (TPSA) is 237 Å². The molecule has 0 aromatic heterocycles. The predicted octanol–water partition coefficient (Wildman–Crippen LogP) is 22.7. The van der Waals surface area contributed by atoms with Crippen LogP contribution in [0, 0.1) is 0 Å². The normalized spacial score (nSPS) is 14.2. The summed E-state index contributed by atoms with van der Waals surface area (Å²) in [7, 11) is -9.94. The van der Waals surface area contributed by atoms with E-state index in [4.69, 9.17) is 37.0 Å². The first kappa shape index (κ1) is 94.8. The number of phosphoric acid groups is 2. The Bertz CT molecular complexity index is 2100. The fourth-order valence-electron chi connectivity index (χ4n) is 10.8. The molecule has 0 rings (SSSR count). The molecule has 0 aliphatic rings. The first-order valence-electron chi connectivity index (χ1n) is 39.5. The van der Waals surface area contributed by atoms with Crippen LogP contribution in [-0.4, -0.2) is 96.7 Å². The number of hydrogen-bond donors (Lipinski definition) is 3. The van der Waals surface area contributed by atoms with Crippen LogP contribution in [0.5, 0.6) is 0 Å². The Balaban J connectivity index is 5.34. The maximum Gasteiger partial charge on any atom is 0.472 e. The maximum atomic E-state index is 13.1. The van der Waals surface area contributed by atoms with Crippen molar-refractivity contribution in [1.29, 1.82) is 0 Å². The van der Waals surface area contributed by atoms with E-state index in [0.29, 0.717) is 25.7 Å². The number of rotatable bonds is 75. The number of allylic oxidation sites excluding steroid dienone is 10. The summed E-state index contributed by atoms with van der Waals surface area (Å²) in [5.74, 6) is -2.18. The van der Waals surface area contributed by atoms with Gasteiger partial charge in [-0.1, -0.05) is 262 Å². The molecule has 0 bridgehead atoms. The Morgan fingerprint density at radius 1 is 0.286 bits per heavy atom. The van der Waals surface area contributed by atoms with Gasteiger partial charge in [-0.2, -0.15) is 0 Å². The minimum absolute atomic E-state index is 0.0818. The molecule has 0 radical (unpaired) electrons. The molecule has 19 heteroatoms. The highest BCUT2D eigenvalue weighted by molar-refractivity contribution is 7.47. The van der Waals surface area contributed by atoms with Gasteiger partial charge in [0, 0.05) is 25.7 Å². The summed E-state index contributed by atoms with van der Waals surface area (Å²) in [4.78, 5) is 72.9. The van der Waals surface area contributed by atoms with E-state index in [2.05, 4.69) is 88.5 Å². The largest absolute Gasteiger partial charge is 0.472 e. The summed E-state index contributed by atoms with van der Waals surface area (Å²) < 4.78 is 68.5. The summed E-state index contributed by atoms with van der Waals surface area (Å²) in [6.07, 6.45) is 70.5. The molecule has 0 amide bonds. The van der Waals surface area contributed by atoms with Gasteiger partial charge < -0.3 is 33.8 Å². The molecular weight excluding hydrogens is 1280 g/mol. The van der Waals surface area contributed by atoms with E-state index in [1.165, 1.54) is 109 Å². The van der Waals surface area contributed by atoms with Crippen LogP contribution in [-0.2, 0) is 65.4 Å². The Kier molecular flexibility index (Phi) is 69.7. The molecule has 0 saturated carbocycles. The highest BCUT2D eigenvalue weighted by atomic mass is 31.2. The van der Waals surface area contributed by atoms with Crippen LogP contribution < -0.4 is 0 Å². The molecule has 0 fully saturated rings. The SMILES string of the molecule is CCCCC/C=C\C/C=C\CCCCCCCC(=O)O[C@H](COC(=O)CCCCCCCCC/C=C\CCCCCC)COP(=O)(O)OC[C@@H](O)COP(=O)(O)OC[C@@H](COC(=O)CCCCCCC/C=C\CCCCCC)OC(=O)CCCCCCCCC/C=C\CCCCCC. The van der Waals surface area contributed by atoms with E-state index in [0.717, 1.165) is 173 Å². The molecule has 2 unspecified atom stereocenters. The number of aliphatic hydroxyl groups excluding tert-OH is 1. The van der Waals surface area contributed by atoms with E-state index in [9.17, 15) is 43.2 Å². The lowest BCUT2D eigenvalue weighted by atomic mass is 10.1. The summed E-state index contributed by atoms with van der Waals surface area (Å²) in [5.41, 5.74) is 0. The lowest BCUT2D eigenvalue weighted by Crippen LogP contribution is -2.30. The zero-order valence-corrected chi connectivity index (χ0v) is 64.3. The second-order valence-electron chi connectivity index (χ2n) is 26.6. The van der Waals surface area contributed by atoms with Crippen LogP contribution in [0.4, 0.5) is 0 Å². The van der Waals surface area contributed by atoms with Crippen molar-refractivity contribution < 1.29 is 80.2 Å². The number of carbonyl (C=O) groups excluding carboxylic acids is 4. The Morgan fingerprint density at radius 2 is 0.500 bits per heavy atom. The molecule has 0 aromatic rings. The van der Waals surface area contributed by atoms with E-state index >= 15 is 0 Å². The predicted molar refractivity (Wildman–Crippen MR) is 400 cm³/mol. The summed E-state index contributed by atoms with van der Waals surface area (Å²) in [6, 6.07) is 0. The first-order valence-corrected chi connectivity index (χ1v) is 42.5. The molecular formula is C79H144O17P2. The van der Waals surface area contributed by atoms with E-state index < -0.39 is 97.5 Å². The van der Waals surface area contributed by atoms with Gasteiger partial charge in [0.15, 0.2) is 12.2 Å². The third-order valence-corrected chi connectivity index (χ3v) is 18.8. The molecule has 0 saturated heterocycles. The number of esters is 4. The first-order chi connectivity index (χ1) is 47.7. The maximum absolute atomic E-state index is 13.1. The smallest absolute Gasteiger partial charge is 0.462 e. The highest BCUT2D eigenvalue weighted by Gasteiger charge is 2.30. The Morgan fingerprint density at radius 3 is 0.786 bits per heavy atom. The standard InChI is InChI=1S/C79H144O17P2/c1-5-9-13-17-21-25-29-33-36-40-44-48-52-56-60-64-77(82)90-70-75(96-79(84)66-62-58-54-50-46-42-38-35-31-27-23-19-15-11-7-3)72-94-98(87,88)92-68-73(80)67-91-97(85,86)93-71-74(69-89-76(81)63-59-55-51-47-43-39-32-28-24-20-16-12-8-4)95-78(83)65-61-57-53-49-45-41-37-34-30-26-22-18-14-10-6-2/h23,25-30,32,35,38,73-75,80H,5-22,24,31,33-34,36-37,39-72H2,1-4H3,(H,85,86)(H,87,88)/b27-23-,29-25-,30-26-,32-28-,38-35-/t73-,74+,75+/m0/s1. The molecule has 0 spiro atoms. The second kappa shape index (κ2) is 72.1. The van der Waals surface area contributed by atoms with Crippen molar-refractivity contribution in [2.45, 2.75) is 380 Å². The fraction of sp³-hybridized carbons (Fsp3) is 0.823. The molecule has 572 valence electrons. The van der Waals surface area contributed by atoms with Crippen molar-refractivity contribution in [3.05, 3.63) is 60.8 Å². The number of unbranched alkanes of at least 4 members (excludes halogenated alkanes) is 39. The van der Waals surface area contributed by atoms with Crippen LogP contribution in [0.2, 0.25) is 0 Å². The van der Waals surface area contributed by atoms with E-state index in [1.807, 2.05) is 0 Å². The van der Waals surface area contributed by atoms with Crippen molar-refractivity contribution in [3.63, 3.8) is 0 Å². The van der Waals surface area contributed by atoms with Gasteiger partial charge in [-0.3, -0.25) is 37.3 Å². The molecule has 0 aliphatic heterocycles. The zero-order chi connectivity index (χ0) is 71.8. The van der Waals surface area contributed by atoms with Crippen molar-refractivity contribution in [2.75, 3.05) is 39.6 Å². The fourth-order valence-corrected chi connectivity index (χ4v) is 12.4. The van der Waals surface area contributed by atoms with Gasteiger partial charge in [0.1, 0.15) is 19.3 Å². The minimum atomic E-state index is -4.97. The number of ether oxygens (including phenoxy) is 4. The van der Waals surface area contributed by atoms with Crippen molar-refractivity contribution >= 4 is 39.5 Å². The molecule has 0 aromatic carbocycles. The van der Waals surface area contributed by atoms with Crippen LogP contribution >= 0.6 is 15.6 Å². The van der Waals surface area contributed by atoms with Crippen molar-refractivity contribution in [1.82, 2.24) is 0 Å². The monoisotopic (exact) mass is 1430 g/mol. The Hall–Kier alpha value is -3.24. The quantitative estimate of drug-likeness (QED) is 0.0169. The molecule has 0 heterocycles. The van der Waals surface area contributed by atoms with Gasteiger partial charge in [0.05, 0.1) is 26.4 Å². The zero-order valence-electron chi connectivity index (χ0n) is 62.5. The van der Waals surface area contributed by atoms with Gasteiger partial charge in [0.25, 0.3) is 0 Å². The average Bonchev–Trinajstić information content (AvgIpc) is 1.04. The molecule has 5 atom stereocenters. The summed E-state index contributed by atoms with van der Waals surface area (Å²) in [5, 5.41) is 10.6. The molecule has 17 nitrogen and oxygen atoms in total. The van der Waals surface area contributed by atoms with Gasteiger partial charge in [0.2, 0.25) is 0 Å². The van der Waals surface area contributed by atoms with Gasteiger partial charge in [-0.25, -0.2) is 9.13 Å². The van der Waals surface area contributed by atoms with Gasteiger partial charge in [-0.05, 0) is 135 Å². The third kappa shape index (κ3) is 71.2. The number of carbonyl (C=O) groups is 4. The minimum Gasteiger partial charge on any atom is -0.462 e. The van der Waals surface area contributed by atoms with Crippen LogP contribution in [0.15, 0.2) is 60.8 Å². The van der Waals surface area contributed by atoms with Crippen LogP contribution in [0.25, 0.3) is 0 Å². The van der Waals surface area contributed by atoms with Gasteiger partial charge in [-0.15, -0.1) is 0 Å². The van der Waals surface area contributed by atoms with Gasteiger partial charge >= 0.3 is 39.5 Å². The third-order valence-electron chi connectivity index (χ3n) is 16.9. The van der Waals surface area contributed by atoms with Crippen molar-refractivity contribution in [3.8, 4) is 0 Å². The van der Waals surface area contributed by atoms with Crippen LogP contribution in [0.1, 0.15) is 362 Å². The van der Waals surface area contributed by atoms with E-state index in [1.54, 1.807) is 0 Å². The number of hydrogen-bond acceptors (Lipinski definition) is 15. The number of phosphoric ester groups is 2. The molecule has 3 N–H and O–H groups in total. The highest BCUT2D eigenvalue weighted by Crippen LogP contribution is 2.45. The van der Waals surface area contributed by atoms with E-state index in [-0.39, 0.29) is 25.7 Å². The van der Waals surface area contributed by atoms with Crippen molar-refractivity contribution in [2.24, 2.45) is 0 Å². The van der Waals surface area contributed by atoms with Crippen LogP contribution in [0.3, 0.4) is 0 Å². The Labute approximate surface area is 597 Å². The molecule has 98 heavy (non-hydrogen) atoms. The summed E-state index contributed by atoms with van der Waals surface area (Å²) in [6.45, 7) is 4.83. The number of aliphatic hydroxyl groups is 1. The second-order valence-corrected chi connectivity index (χ2v) is 29.5. The lowest BCUT2D eigenvalue weighted by molar-refractivity contribution is -0.161. The summed E-state index contributed by atoms with van der Waals surface area (Å²) >= 11 is 0. The lowest BCUT2D eigenvalue weighted by Gasteiger charge is -2.21. The molecule has 0 aliphatic carbocycles. The average molecular weight is 1430 g/mol.